The molecule has 0 spiro atoms. The van der Waals surface area contributed by atoms with Crippen LogP contribution in [-0.4, -0.2) is 38.4 Å². The number of likely N-dealkylation sites (N-methyl/N-ethyl adjacent to an activating group) is 1. The summed E-state index contributed by atoms with van der Waals surface area (Å²) in [6.07, 6.45) is 4.57. The Morgan fingerprint density at radius 2 is 2.07 bits per heavy atom. The van der Waals surface area contributed by atoms with Crippen LogP contribution in [0.4, 0.5) is 5.69 Å². The maximum absolute atomic E-state index is 12.3. The summed E-state index contributed by atoms with van der Waals surface area (Å²) >= 11 is 12.2. The van der Waals surface area contributed by atoms with E-state index in [1.165, 1.54) is 6.20 Å². The minimum atomic E-state index is -0.510. The standard InChI is InChI=1S/C19H16Cl2N6O2/c1-27(11-4-5-13(20)14(21)7-11)17(29-12-3-2-6-22-9-12)8-16-24-15-10-23-26-18(15)19(28)25-16/h2-7,9-10,17H,8H2,1H3,(H,23,26)(H,24,25,28)/t17-/m0/s1. The van der Waals surface area contributed by atoms with Crippen LogP contribution in [0, 0.1) is 0 Å². The second-order valence-electron chi connectivity index (χ2n) is 6.32. The molecule has 2 N–H and O–H groups in total. The topological polar surface area (TPSA) is 99.8 Å². The van der Waals surface area contributed by atoms with Gasteiger partial charge in [0.15, 0.2) is 6.23 Å². The van der Waals surface area contributed by atoms with Gasteiger partial charge in [0, 0.05) is 18.9 Å². The summed E-state index contributed by atoms with van der Waals surface area (Å²) in [5, 5.41) is 7.40. The van der Waals surface area contributed by atoms with Crippen molar-refractivity contribution < 1.29 is 4.74 Å². The molecule has 4 aromatic rings. The van der Waals surface area contributed by atoms with Gasteiger partial charge in [-0.25, -0.2) is 4.98 Å². The Morgan fingerprint density at radius 3 is 2.83 bits per heavy atom. The zero-order chi connectivity index (χ0) is 20.4. The van der Waals surface area contributed by atoms with Crippen LogP contribution in [0.5, 0.6) is 5.75 Å². The van der Waals surface area contributed by atoms with Crippen molar-refractivity contribution in [3.63, 3.8) is 0 Å². The molecule has 8 nitrogen and oxygen atoms in total. The molecule has 0 saturated heterocycles. The molecule has 0 bridgehead atoms. The summed E-state index contributed by atoms with van der Waals surface area (Å²) in [5.41, 5.74) is 1.32. The third-order valence-electron chi connectivity index (χ3n) is 4.38. The Balaban J connectivity index is 1.68. The zero-order valence-corrected chi connectivity index (χ0v) is 16.8. The number of H-pyrrole nitrogens is 2. The van der Waals surface area contributed by atoms with Crippen molar-refractivity contribution >= 4 is 39.9 Å². The summed E-state index contributed by atoms with van der Waals surface area (Å²) in [4.78, 5) is 25.5. The van der Waals surface area contributed by atoms with Crippen molar-refractivity contribution in [2.24, 2.45) is 0 Å². The molecule has 1 aromatic carbocycles. The molecule has 0 aliphatic heterocycles. The molecule has 0 aliphatic carbocycles. The molecule has 0 unspecified atom stereocenters. The Bertz CT molecular complexity index is 1190. The van der Waals surface area contributed by atoms with E-state index in [1.54, 1.807) is 36.7 Å². The Kier molecular flexibility index (Phi) is 5.37. The summed E-state index contributed by atoms with van der Waals surface area (Å²) in [6.45, 7) is 0. The summed E-state index contributed by atoms with van der Waals surface area (Å²) in [5.74, 6) is 1.04. The quantitative estimate of drug-likeness (QED) is 0.454. The van der Waals surface area contributed by atoms with Crippen LogP contribution in [0.1, 0.15) is 5.82 Å². The zero-order valence-electron chi connectivity index (χ0n) is 15.3. The van der Waals surface area contributed by atoms with Gasteiger partial charge in [-0.05, 0) is 30.3 Å². The number of ether oxygens (including phenoxy) is 1. The lowest BCUT2D eigenvalue weighted by Crippen LogP contribution is -2.39. The SMILES string of the molecule is CN(c1ccc(Cl)c(Cl)c1)[C@H](Cc1nc2cn[nH]c2c(=O)[nH]1)Oc1cccnc1. The van der Waals surface area contributed by atoms with Crippen LogP contribution < -0.4 is 15.2 Å². The molecule has 148 valence electrons. The van der Waals surface area contributed by atoms with E-state index in [-0.39, 0.29) is 5.56 Å². The first-order chi connectivity index (χ1) is 14.0. The third kappa shape index (κ3) is 4.18. The van der Waals surface area contributed by atoms with Gasteiger partial charge in [-0.3, -0.25) is 14.9 Å². The van der Waals surface area contributed by atoms with Gasteiger partial charge < -0.3 is 14.6 Å². The average Bonchev–Trinajstić information content (AvgIpc) is 3.19. The highest BCUT2D eigenvalue weighted by Crippen LogP contribution is 2.28. The van der Waals surface area contributed by atoms with Crippen molar-refractivity contribution in [1.82, 2.24) is 25.1 Å². The van der Waals surface area contributed by atoms with Gasteiger partial charge in [0.05, 0.1) is 28.9 Å². The molecular formula is C19H16Cl2N6O2. The molecule has 4 rings (SSSR count). The predicted molar refractivity (Wildman–Crippen MR) is 112 cm³/mol. The molecule has 0 fully saturated rings. The number of benzene rings is 1. The highest BCUT2D eigenvalue weighted by atomic mass is 35.5. The fourth-order valence-electron chi connectivity index (χ4n) is 2.86. The van der Waals surface area contributed by atoms with Crippen LogP contribution in [0.2, 0.25) is 10.0 Å². The van der Waals surface area contributed by atoms with Gasteiger partial charge in [-0.1, -0.05) is 23.2 Å². The van der Waals surface area contributed by atoms with E-state index in [4.69, 9.17) is 27.9 Å². The number of aromatic nitrogens is 5. The van der Waals surface area contributed by atoms with Crippen molar-refractivity contribution in [1.29, 1.82) is 0 Å². The lowest BCUT2D eigenvalue weighted by molar-refractivity contribution is 0.198. The van der Waals surface area contributed by atoms with Gasteiger partial charge in [-0.2, -0.15) is 5.10 Å². The molecule has 0 aliphatic rings. The van der Waals surface area contributed by atoms with E-state index in [1.807, 2.05) is 18.0 Å². The number of nitrogens with zero attached hydrogens (tertiary/aromatic N) is 4. The number of hydrogen-bond acceptors (Lipinski definition) is 6. The number of halogens is 2. The second-order valence-corrected chi connectivity index (χ2v) is 7.13. The Hall–Kier alpha value is -3.10. The lowest BCUT2D eigenvalue weighted by atomic mass is 10.2. The fourth-order valence-corrected chi connectivity index (χ4v) is 3.16. The van der Waals surface area contributed by atoms with Gasteiger partial charge in [0.2, 0.25) is 0 Å². The molecule has 0 amide bonds. The third-order valence-corrected chi connectivity index (χ3v) is 5.12. The molecule has 1 atom stereocenters. The maximum atomic E-state index is 12.3. The van der Waals surface area contributed by atoms with Crippen LogP contribution >= 0.6 is 23.2 Å². The number of pyridine rings is 1. The molecule has 10 heteroatoms. The molecule has 0 radical (unpaired) electrons. The largest absolute Gasteiger partial charge is 0.468 e. The number of nitrogens with one attached hydrogen (secondary N) is 2. The van der Waals surface area contributed by atoms with Gasteiger partial charge in [0.25, 0.3) is 5.56 Å². The lowest BCUT2D eigenvalue weighted by Gasteiger charge is -2.30. The van der Waals surface area contributed by atoms with Gasteiger partial charge in [-0.15, -0.1) is 0 Å². The Morgan fingerprint density at radius 1 is 1.21 bits per heavy atom. The summed E-state index contributed by atoms with van der Waals surface area (Å²) in [7, 11) is 1.86. The van der Waals surface area contributed by atoms with Crippen LogP contribution in [-0.2, 0) is 6.42 Å². The molecule has 0 saturated carbocycles. The summed E-state index contributed by atoms with van der Waals surface area (Å²) in [6, 6.07) is 8.89. The molecule has 3 heterocycles. The highest BCUT2D eigenvalue weighted by Gasteiger charge is 2.21. The van der Waals surface area contributed by atoms with Crippen LogP contribution in [0.15, 0.2) is 53.7 Å². The number of fused-ring (bicyclic) bond motifs is 1. The van der Waals surface area contributed by atoms with Crippen molar-refractivity contribution in [3.05, 3.63) is 75.1 Å². The van der Waals surface area contributed by atoms with Crippen molar-refractivity contribution in [2.45, 2.75) is 12.6 Å². The predicted octanol–water partition coefficient (Wildman–Crippen LogP) is 3.43. The fraction of sp³-hybridized carbons (Fsp3) is 0.158. The molecular weight excluding hydrogens is 415 g/mol. The van der Waals surface area contributed by atoms with Crippen molar-refractivity contribution in [3.8, 4) is 5.75 Å². The molecule has 29 heavy (non-hydrogen) atoms. The molecule has 3 aromatic heterocycles. The first-order valence-corrected chi connectivity index (χ1v) is 9.43. The first kappa shape index (κ1) is 19.2. The van der Waals surface area contributed by atoms with E-state index in [0.29, 0.717) is 39.1 Å². The van der Waals surface area contributed by atoms with Crippen LogP contribution in [0.3, 0.4) is 0 Å². The Labute approximate surface area is 175 Å². The van der Waals surface area contributed by atoms with Gasteiger partial charge >= 0.3 is 0 Å². The number of anilines is 1. The van der Waals surface area contributed by atoms with E-state index < -0.39 is 6.23 Å². The normalized spacial score (nSPS) is 12.1. The minimum absolute atomic E-state index is 0.292. The number of aromatic amines is 2. The maximum Gasteiger partial charge on any atom is 0.276 e. The summed E-state index contributed by atoms with van der Waals surface area (Å²) < 4.78 is 6.14. The van der Waals surface area contributed by atoms with E-state index in [2.05, 4.69) is 25.1 Å². The smallest absolute Gasteiger partial charge is 0.276 e. The monoisotopic (exact) mass is 430 g/mol. The van der Waals surface area contributed by atoms with Crippen molar-refractivity contribution in [2.75, 3.05) is 11.9 Å². The van der Waals surface area contributed by atoms with Gasteiger partial charge in [0.1, 0.15) is 22.6 Å². The number of hydrogen-bond donors (Lipinski definition) is 2. The highest BCUT2D eigenvalue weighted by molar-refractivity contribution is 6.42. The van der Waals surface area contributed by atoms with E-state index >= 15 is 0 Å². The van der Waals surface area contributed by atoms with Crippen LogP contribution in [0.25, 0.3) is 11.0 Å². The van der Waals surface area contributed by atoms with E-state index in [9.17, 15) is 4.79 Å². The second kappa shape index (κ2) is 8.10. The average molecular weight is 431 g/mol. The minimum Gasteiger partial charge on any atom is -0.468 e. The number of rotatable bonds is 6. The van der Waals surface area contributed by atoms with E-state index in [0.717, 1.165) is 5.69 Å². The first-order valence-electron chi connectivity index (χ1n) is 8.68.